The average molecular weight is 378 g/mol. The van der Waals surface area contributed by atoms with Crippen LogP contribution in [0.15, 0.2) is 42.6 Å². The van der Waals surface area contributed by atoms with Gasteiger partial charge in [0.15, 0.2) is 5.65 Å². The molecule has 1 aliphatic heterocycles. The molecule has 0 spiro atoms. The molecule has 1 amide bonds. The van der Waals surface area contributed by atoms with Gasteiger partial charge in [0, 0.05) is 31.7 Å². The summed E-state index contributed by atoms with van der Waals surface area (Å²) in [4.78, 5) is 24.1. The number of aromatic nitrogens is 3. The maximum atomic E-state index is 12.8. The van der Waals surface area contributed by atoms with Crippen LogP contribution in [0.3, 0.4) is 0 Å². The number of benzene rings is 1. The van der Waals surface area contributed by atoms with Gasteiger partial charge in [-0.3, -0.25) is 4.79 Å². The molecule has 0 saturated carbocycles. The van der Waals surface area contributed by atoms with E-state index < -0.39 is 0 Å². The Morgan fingerprint density at radius 1 is 1.21 bits per heavy atom. The minimum absolute atomic E-state index is 0.170. The highest BCUT2D eigenvalue weighted by Crippen LogP contribution is 2.29. The summed E-state index contributed by atoms with van der Waals surface area (Å²) in [5, 5.41) is 0. The Balaban J connectivity index is 1.44. The molecule has 0 N–H and O–H groups in total. The van der Waals surface area contributed by atoms with Gasteiger partial charge < -0.3 is 14.2 Å². The number of imidazole rings is 1. The lowest BCUT2D eigenvalue weighted by atomic mass is 10.1. The Hall–Kier alpha value is -2.89. The number of carbonyl (C=O) groups excluding carboxylic acids is 1. The lowest BCUT2D eigenvalue weighted by Gasteiger charge is -2.17. The van der Waals surface area contributed by atoms with E-state index in [1.54, 1.807) is 6.20 Å². The third kappa shape index (κ3) is 3.59. The van der Waals surface area contributed by atoms with Crippen molar-refractivity contribution in [3.05, 3.63) is 54.0 Å². The Morgan fingerprint density at radius 3 is 2.79 bits per heavy atom. The molecule has 6 heteroatoms. The standard InChI is InChI=1S/C22H26N4O2/c1-3-26-21(24-19-6-5-12-23-22(19)26)17-11-13-25(15-17)20(27)14-16-7-9-18(10-8-16)28-4-2/h5-10,12,17H,3-4,11,13-15H2,1-2H3/t17-/m1/s1. The van der Waals surface area contributed by atoms with Gasteiger partial charge in [-0.1, -0.05) is 12.1 Å². The predicted molar refractivity (Wildman–Crippen MR) is 108 cm³/mol. The van der Waals surface area contributed by atoms with E-state index in [1.807, 2.05) is 48.2 Å². The molecule has 6 nitrogen and oxygen atoms in total. The van der Waals surface area contributed by atoms with Crippen molar-refractivity contribution in [1.29, 1.82) is 0 Å². The zero-order valence-corrected chi connectivity index (χ0v) is 16.5. The van der Waals surface area contributed by atoms with Crippen LogP contribution in [-0.4, -0.2) is 45.0 Å². The molecule has 146 valence electrons. The van der Waals surface area contributed by atoms with Crippen LogP contribution in [0, 0.1) is 0 Å². The van der Waals surface area contributed by atoms with Gasteiger partial charge in [0.25, 0.3) is 0 Å². The van der Waals surface area contributed by atoms with Gasteiger partial charge in [-0.05, 0) is 50.1 Å². The third-order valence-corrected chi connectivity index (χ3v) is 5.35. The van der Waals surface area contributed by atoms with E-state index in [2.05, 4.69) is 16.5 Å². The van der Waals surface area contributed by atoms with Crippen LogP contribution >= 0.6 is 0 Å². The number of ether oxygens (including phenoxy) is 1. The number of amides is 1. The zero-order chi connectivity index (χ0) is 19.5. The first-order chi connectivity index (χ1) is 13.7. The van der Waals surface area contributed by atoms with Crippen molar-refractivity contribution in [3.63, 3.8) is 0 Å². The lowest BCUT2D eigenvalue weighted by molar-refractivity contribution is -0.129. The summed E-state index contributed by atoms with van der Waals surface area (Å²) >= 11 is 0. The third-order valence-electron chi connectivity index (χ3n) is 5.35. The summed E-state index contributed by atoms with van der Waals surface area (Å²) in [6.45, 7) is 7.05. The molecule has 1 saturated heterocycles. The highest BCUT2D eigenvalue weighted by molar-refractivity contribution is 5.79. The van der Waals surface area contributed by atoms with Gasteiger partial charge in [-0.25, -0.2) is 9.97 Å². The maximum absolute atomic E-state index is 12.8. The van der Waals surface area contributed by atoms with E-state index in [0.29, 0.717) is 13.0 Å². The summed E-state index contributed by atoms with van der Waals surface area (Å²) in [7, 11) is 0. The molecule has 0 radical (unpaired) electrons. The minimum atomic E-state index is 0.170. The first kappa shape index (κ1) is 18.5. The number of carbonyl (C=O) groups is 1. The van der Waals surface area contributed by atoms with Gasteiger partial charge in [0.2, 0.25) is 5.91 Å². The van der Waals surface area contributed by atoms with Crippen LogP contribution in [0.5, 0.6) is 5.75 Å². The molecule has 3 aromatic rings. The van der Waals surface area contributed by atoms with Crippen molar-refractivity contribution in [2.24, 2.45) is 0 Å². The Labute approximate surface area is 165 Å². The molecule has 0 aliphatic carbocycles. The summed E-state index contributed by atoms with van der Waals surface area (Å²) in [6, 6.07) is 11.7. The fourth-order valence-electron chi connectivity index (χ4n) is 3.95. The first-order valence-corrected chi connectivity index (χ1v) is 10.00. The summed E-state index contributed by atoms with van der Waals surface area (Å²) in [5.41, 5.74) is 2.87. The van der Waals surface area contributed by atoms with Crippen LogP contribution < -0.4 is 4.74 Å². The van der Waals surface area contributed by atoms with E-state index in [9.17, 15) is 4.79 Å². The van der Waals surface area contributed by atoms with Crippen molar-refractivity contribution in [1.82, 2.24) is 19.4 Å². The Kier molecular flexibility index (Phi) is 5.28. The quantitative estimate of drug-likeness (QED) is 0.660. The highest BCUT2D eigenvalue weighted by Gasteiger charge is 2.30. The van der Waals surface area contributed by atoms with Gasteiger partial charge >= 0.3 is 0 Å². The maximum Gasteiger partial charge on any atom is 0.227 e. The highest BCUT2D eigenvalue weighted by atomic mass is 16.5. The molecule has 2 aromatic heterocycles. The summed E-state index contributed by atoms with van der Waals surface area (Å²) in [5.74, 6) is 2.32. The van der Waals surface area contributed by atoms with Crippen molar-refractivity contribution < 1.29 is 9.53 Å². The summed E-state index contributed by atoms with van der Waals surface area (Å²) in [6.07, 6.45) is 3.17. The summed E-state index contributed by atoms with van der Waals surface area (Å²) < 4.78 is 7.65. The van der Waals surface area contributed by atoms with Gasteiger partial charge in [0.1, 0.15) is 17.1 Å². The number of pyridine rings is 1. The largest absolute Gasteiger partial charge is 0.494 e. The molecule has 1 atom stereocenters. The van der Waals surface area contributed by atoms with Gasteiger partial charge in [-0.15, -0.1) is 0 Å². The second-order valence-corrected chi connectivity index (χ2v) is 7.14. The second kappa shape index (κ2) is 8.00. The van der Waals surface area contributed by atoms with Crippen LogP contribution in [0.2, 0.25) is 0 Å². The normalized spacial score (nSPS) is 16.6. The van der Waals surface area contributed by atoms with Crippen LogP contribution in [0.1, 0.15) is 37.6 Å². The fourth-order valence-corrected chi connectivity index (χ4v) is 3.95. The number of hydrogen-bond donors (Lipinski definition) is 0. The van der Waals surface area contributed by atoms with Crippen molar-refractivity contribution in [3.8, 4) is 5.75 Å². The van der Waals surface area contributed by atoms with Crippen LogP contribution in [-0.2, 0) is 17.8 Å². The molecular formula is C22H26N4O2. The van der Waals surface area contributed by atoms with Crippen LogP contribution in [0.4, 0.5) is 0 Å². The zero-order valence-electron chi connectivity index (χ0n) is 16.5. The molecule has 0 unspecified atom stereocenters. The molecule has 3 heterocycles. The number of fused-ring (bicyclic) bond motifs is 1. The first-order valence-electron chi connectivity index (χ1n) is 10.00. The predicted octanol–water partition coefficient (Wildman–Crippen LogP) is 3.41. The molecule has 4 rings (SSSR count). The average Bonchev–Trinajstić information content (AvgIpc) is 3.34. The molecule has 1 aromatic carbocycles. The SMILES string of the molecule is CCOc1ccc(CC(=O)N2CC[C@@H](c3nc4cccnc4n3CC)C2)cc1. The van der Waals surface area contributed by atoms with E-state index in [1.165, 1.54) is 0 Å². The molecule has 1 aliphatic rings. The van der Waals surface area contributed by atoms with E-state index >= 15 is 0 Å². The van der Waals surface area contributed by atoms with Crippen LogP contribution in [0.25, 0.3) is 11.2 Å². The molecule has 1 fully saturated rings. The monoisotopic (exact) mass is 378 g/mol. The second-order valence-electron chi connectivity index (χ2n) is 7.14. The number of likely N-dealkylation sites (tertiary alicyclic amines) is 1. The molecule has 28 heavy (non-hydrogen) atoms. The Bertz CT molecular complexity index is 964. The van der Waals surface area contributed by atoms with Crippen molar-refractivity contribution in [2.75, 3.05) is 19.7 Å². The minimum Gasteiger partial charge on any atom is -0.494 e. The van der Waals surface area contributed by atoms with E-state index in [-0.39, 0.29) is 11.8 Å². The van der Waals surface area contributed by atoms with E-state index in [0.717, 1.165) is 54.4 Å². The molecule has 0 bridgehead atoms. The number of aryl methyl sites for hydroxylation is 1. The van der Waals surface area contributed by atoms with Crippen molar-refractivity contribution >= 4 is 17.1 Å². The lowest BCUT2D eigenvalue weighted by Crippen LogP contribution is -2.30. The van der Waals surface area contributed by atoms with Gasteiger partial charge in [-0.2, -0.15) is 0 Å². The smallest absolute Gasteiger partial charge is 0.227 e. The number of hydrogen-bond acceptors (Lipinski definition) is 4. The van der Waals surface area contributed by atoms with Crippen molar-refractivity contribution in [2.45, 2.75) is 39.2 Å². The Morgan fingerprint density at radius 2 is 2.04 bits per heavy atom. The topological polar surface area (TPSA) is 60.2 Å². The van der Waals surface area contributed by atoms with E-state index in [4.69, 9.17) is 9.72 Å². The number of rotatable bonds is 6. The number of nitrogens with zero attached hydrogens (tertiary/aromatic N) is 4. The molecular weight excluding hydrogens is 352 g/mol. The fraction of sp³-hybridized carbons (Fsp3) is 0.409. The van der Waals surface area contributed by atoms with Gasteiger partial charge in [0.05, 0.1) is 13.0 Å².